The molecule has 1 amide bonds. The average Bonchev–Trinajstić information content (AvgIpc) is 2.59. The Balaban J connectivity index is 2.16. The lowest BCUT2D eigenvalue weighted by Gasteiger charge is -2.36. The molecule has 2 aliphatic rings. The van der Waals surface area contributed by atoms with Crippen molar-refractivity contribution in [2.24, 2.45) is 0 Å². The molecule has 0 unspecified atom stereocenters. The number of aromatic nitrogens is 1. The third-order valence-corrected chi connectivity index (χ3v) is 5.22. The number of pyridine rings is 1. The summed E-state index contributed by atoms with van der Waals surface area (Å²) in [4.78, 5) is 14.3. The number of carbonyl (C=O) groups excluding carboxylic acids is 1. The van der Waals surface area contributed by atoms with Gasteiger partial charge in [-0.1, -0.05) is 22.4 Å². The summed E-state index contributed by atoms with van der Waals surface area (Å²) in [6.45, 7) is 0. The second-order valence-electron chi connectivity index (χ2n) is 5.68. The molecule has 1 saturated carbocycles. The Morgan fingerprint density at radius 2 is 2.15 bits per heavy atom. The Morgan fingerprint density at radius 1 is 1.40 bits per heavy atom. The van der Waals surface area contributed by atoms with Crippen LogP contribution in [0.5, 0.6) is 0 Å². The summed E-state index contributed by atoms with van der Waals surface area (Å²) in [6, 6.07) is 5.62. The van der Waals surface area contributed by atoms with Crippen LogP contribution in [-0.4, -0.2) is 13.0 Å². The van der Waals surface area contributed by atoms with Crippen molar-refractivity contribution in [3.05, 3.63) is 39.6 Å². The van der Waals surface area contributed by atoms with Crippen LogP contribution in [-0.2, 0) is 10.2 Å². The number of fused-ring (bicyclic) bond motifs is 4. The van der Waals surface area contributed by atoms with Crippen LogP contribution in [0.25, 0.3) is 10.9 Å². The molecule has 1 aromatic heterocycles. The molecule has 102 valence electrons. The molecule has 2 aromatic rings. The number of halogens is 1. The van der Waals surface area contributed by atoms with Crippen molar-refractivity contribution in [1.29, 1.82) is 0 Å². The minimum absolute atomic E-state index is 0.131. The first-order valence-electron chi connectivity index (χ1n) is 6.69. The molecule has 0 radical (unpaired) electrons. The number of hydrogen-bond acceptors (Lipinski definition) is 2. The van der Waals surface area contributed by atoms with Gasteiger partial charge in [-0.15, -0.1) is 0 Å². The summed E-state index contributed by atoms with van der Waals surface area (Å²) < 4.78 is 1.79. The maximum absolute atomic E-state index is 12.6. The van der Waals surface area contributed by atoms with Crippen molar-refractivity contribution in [2.45, 2.75) is 24.7 Å². The maximum atomic E-state index is 12.6. The molecule has 2 heterocycles. The van der Waals surface area contributed by atoms with E-state index in [0.29, 0.717) is 5.52 Å². The normalized spacial score (nSPS) is 19.5. The van der Waals surface area contributed by atoms with E-state index in [0.717, 1.165) is 45.1 Å². The van der Waals surface area contributed by atoms with Gasteiger partial charge in [-0.05, 0) is 25.0 Å². The van der Waals surface area contributed by atoms with Crippen LogP contribution < -0.4 is 9.63 Å². The van der Waals surface area contributed by atoms with Crippen LogP contribution in [0.3, 0.4) is 0 Å². The van der Waals surface area contributed by atoms with E-state index in [1.807, 2.05) is 18.2 Å². The van der Waals surface area contributed by atoms with Gasteiger partial charge < -0.3 is 10.1 Å². The Labute approximate surface area is 124 Å². The number of likely N-dealkylation sites (N-methyl/N-ethyl adjacent to an activating group) is 1. The van der Waals surface area contributed by atoms with E-state index in [2.05, 4.69) is 15.9 Å². The van der Waals surface area contributed by atoms with E-state index < -0.39 is 5.41 Å². The molecule has 0 saturated heterocycles. The fourth-order valence-corrected chi connectivity index (χ4v) is 3.93. The van der Waals surface area contributed by atoms with E-state index >= 15 is 0 Å². The lowest BCUT2D eigenvalue weighted by molar-refractivity contribution is -0.576. The van der Waals surface area contributed by atoms with Gasteiger partial charge in [0.25, 0.3) is 0 Å². The molecule has 0 atom stereocenters. The topological polar surface area (TPSA) is 47.2 Å². The van der Waals surface area contributed by atoms with Crippen LogP contribution >= 0.6 is 15.9 Å². The number of hydrogen-bond donors (Lipinski definition) is 0. The summed E-state index contributed by atoms with van der Waals surface area (Å²) in [5, 5.41) is 13.1. The fourth-order valence-electron chi connectivity index (χ4n) is 3.57. The predicted octanol–water partition coefficient (Wildman–Crippen LogP) is 2.63. The van der Waals surface area contributed by atoms with Crippen molar-refractivity contribution in [2.75, 3.05) is 11.9 Å². The monoisotopic (exact) mass is 332 g/mol. The SMILES string of the molecule is CN1C(=O)C2(CCC2)c2c1c[n+]([O-])c1ccc(Br)cc21. The smallest absolute Gasteiger partial charge is 0.237 e. The number of nitrogens with zero attached hydrogens (tertiary/aromatic N) is 2. The average molecular weight is 333 g/mol. The highest BCUT2D eigenvalue weighted by Crippen LogP contribution is 2.54. The van der Waals surface area contributed by atoms with Gasteiger partial charge in [-0.25, -0.2) is 0 Å². The quantitative estimate of drug-likeness (QED) is 0.550. The molecule has 5 heteroatoms. The highest BCUT2D eigenvalue weighted by molar-refractivity contribution is 9.10. The van der Waals surface area contributed by atoms with Gasteiger partial charge in [-0.2, -0.15) is 4.73 Å². The molecule has 0 bridgehead atoms. The van der Waals surface area contributed by atoms with E-state index in [1.165, 1.54) is 6.20 Å². The molecule has 20 heavy (non-hydrogen) atoms. The van der Waals surface area contributed by atoms with Gasteiger partial charge in [0.2, 0.25) is 17.6 Å². The van der Waals surface area contributed by atoms with E-state index in [1.54, 1.807) is 11.9 Å². The van der Waals surface area contributed by atoms with Gasteiger partial charge in [0.05, 0.1) is 10.8 Å². The number of benzene rings is 1. The molecule has 1 aliphatic heterocycles. The molecule has 4 rings (SSSR count). The van der Waals surface area contributed by atoms with Crippen LogP contribution in [0, 0.1) is 5.21 Å². The zero-order chi connectivity index (χ0) is 14.1. The van der Waals surface area contributed by atoms with Crippen LogP contribution in [0.2, 0.25) is 0 Å². The lowest BCUT2D eigenvalue weighted by atomic mass is 9.64. The Kier molecular flexibility index (Phi) is 2.26. The second kappa shape index (κ2) is 3.73. The summed E-state index contributed by atoms with van der Waals surface area (Å²) in [5.74, 6) is 0.131. The molecule has 4 nitrogen and oxygen atoms in total. The summed E-state index contributed by atoms with van der Waals surface area (Å²) >= 11 is 3.46. The zero-order valence-corrected chi connectivity index (χ0v) is 12.6. The Morgan fingerprint density at radius 3 is 2.80 bits per heavy atom. The second-order valence-corrected chi connectivity index (χ2v) is 6.59. The minimum Gasteiger partial charge on any atom is -0.618 e. The molecule has 0 N–H and O–H groups in total. The molecular weight excluding hydrogens is 320 g/mol. The summed E-state index contributed by atoms with van der Waals surface area (Å²) in [7, 11) is 1.76. The van der Waals surface area contributed by atoms with Crippen LogP contribution in [0.1, 0.15) is 24.8 Å². The lowest BCUT2D eigenvalue weighted by Crippen LogP contribution is -2.43. The standard InChI is InChI=1S/C15H13BrN2O2/c1-17-12-8-18(20)11-4-3-9(16)7-10(11)13(12)15(14(17)19)5-2-6-15/h3-4,7-8H,2,5-6H2,1H3. The number of rotatable bonds is 0. The molecule has 1 aromatic carbocycles. The van der Waals surface area contributed by atoms with Crippen molar-refractivity contribution >= 4 is 38.4 Å². The molecule has 1 spiro atoms. The molecular formula is C15H13BrN2O2. The highest BCUT2D eigenvalue weighted by atomic mass is 79.9. The van der Waals surface area contributed by atoms with Crippen molar-refractivity contribution < 1.29 is 9.52 Å². The first-order chi connectivity index (χ1) is 9.54. The Hall–Kier alpha value is -1.62. The molecule has 1 fully saturated rings. The fraction of sp³-hybridized carbons (Fsp3) is 0.333. The largest absolute Gasteiger partial charge is 0.618 e. The highest BCUT2D eigenvalue weighted by Gasteiger charge is 2.55. The predicted molar refractivity (Wildman–Crippen MR) is 79.5 cm³/mol. The maximum Gasteiger partial charge on any atom is 0.237 e. The molecule has 1 aliphatic carbocycles. The minimum atomic E-state index is -0.391. The summed E-state index contributed by atoms with van der Waals surface area (Å²) in [5.41, 5.74) is 2.04. The third-order valence-electron chi connectivity index (χ3n) is 4.72. The van der Waals surface area contributed by atoms with Crippen molar-refractivity contribution in [3.8, 4) is 0 Å². The zero-order valence-electron chi connectivity index (χ0n) is 11.0. The van der Waals surface area contributed by atoms with Gasteiger partial charge >= 0.3 is 0 Å². The third kappa shape index (κ3) is 1.26. The van der Waals surface area contributed by atoms with Crippen LogP contribution in [0.4, 0.5) is 5.69 Å². The first kappa shape index (κ1) is 12.1. The van der Waals surface area contributed by atoms with Gasteiger partial charge in [0.15, 0.2) is 0 Å². The van der Waals surface area contributed by atoms with Crippen LogP contribution in [0.15, 0.2) is 28.9 Å². The number of carbonyl (C=O) groups is 1. The summed E-state index contributed by atoms with van der Waals surface area (Å²) in [6.07, 6.45) is 4.37. The first-order valence-corrected chi connectivity index (χ1v) is 7.48. The van der Waals surface area contributed by atoms with Gasteiger partial charge in [0.1, 0.15) is 5.69 Å². The van der Waals surface area contributed by atoms with Crippen molar-refractivity contribution in [1.82, 2.24) is 0 Å². The van der Waals surface area contributed by atoms with E-state index in [4.69, 9.17) is 0 Å². The number of anilines is 1. The van der Waals surface area contributed by atoms with Gasteiger partial charge in [-0.3, -0.25) is 4.79 Å². The van der Waals surface area contributed by atoms with Gasteiger partial charge in [0, 0.05) is 23.2 Å². The van der Waals surface area contributed by atoms with Crippen molar-refractivity contribution in [3.63, 3.8) is 0 Å². The number of amides is 1. The van der Waals surface area contributed by atoms with E-state index in [9.17, 15) is 10.0 Å². The Bertz CT molecular complexity index is 768. The van der Waals surface area contributed by atoms with E-state index in [-0.39, 0.29) is 5.91 Å².